The summed E-state index contributed by atoms with van der Waals surface area (Å²) >= 11 is 0. The van der Waals surface area contributed by atoms with Crippen molar-refractivity contribution in [2.24, 2.45) is 0 Å². The van der Waals surface area contributed by atoms with Gasteiger partial charge in [0.25, 0.3) is 0 Å². The normalized spacial score (nSPS) is 30.7. The highest BCUT2D eigenvalue weighted by Gasteiger charge is 2.36. The van der Waals surface area contributed by atoms with Crippen molar-refractivity contribution in [3.63, 3.8) is 0 Å². The minimum absolute atomic E-state index is 0.0970. The van der Waals surface area contributed by atoms with E-state index in [1.807, 2.05) is 20.8 Å². The second-order valence-corrected chi connectivity index (χ2v) is 6.91. The number of fused-ring (bicyclic) bond motifs is 2. The second-order valence-electron chi connectivity index (χ2n) is 6.91. The van der Waals surface area contributed by atoms with Crippen LogP contribution in [0, 0.1) is 0 Å². The van der Waals surface area contributed by atoms with Gasteiger partial charge in [0.1, 0.15) is 5.60 Å². The van der Waals surface area contributed by atoms with Crippen LogP contribution in [0.3, 0.4) is 0 Å². The van der Waals surface area contributed by atoms with Crippen LogP contribution in [-0.2, 0) is 9.53 Å². The Balaban J connectivity index is 1.88. The molecule has 19 heavy (non-hydrogen) atoms. The van der Waals surface area contributed by atoms with Crippen LogP contribution in [0.1, 0.15) is 53.4 Å². The second kappa shape index (κ2) is 5.80. The molecular weight excluding hydrogens is 240 g/mol. The van der Waals surface area contributed by atoms with Crippen LogP contribution < -0.4 is 5.32 Å². The summed E-state index contributed by atoms with van der Waals surface area (Å²) in [6.07, 6.45) is 4.94. The van der Waals surface area contributed by atoms with Gasteiger partial charge in [-0.15, -0.1) is 0 Å². The third kappa shape index (κ3) is 4.18. The van der Waals surface area contributed by atoms with Gasteiger partial charge in [0, 0.05) is 18.1 Å². The molecule has 0 spiro atoms. The number of likely N-dealkylation sites (N-methyl/N-ethyl adjacent to an activating group) is 1. The van der Waals surface area contributed by atoms with E-state index >= 15 is 0 Å². The Morgan fingerprint density at radius 1 is 1.26 bits per heavy atom. The van der Waals surface area contributed by atoms with Crippen LogP contribution in [0.15, 0.2) is 0 Å². The van der Waals surface area contributed by atoms with Crippen molar-refractivity contribution in [1.29, 1.82) is 0 Å². The Morgan fingerprint density at radius 3 is 2.32 bits per heavy atom. The van der Waals surface area contributed by atoms with Crippen LogP contribution in [-0.4, -0.2) is 47.7 Å². The van der Waals surface area contributed by atoms with Gasteiger partial charge in [0.2, 0.25) is 0 Å². The molecule has 0 aromatic heterocycles. The molecule has 2 atom stereocenters. The zero-order valence-corrected chi connectivity index (χ0v) is 12.7. The highest BCUT2D eigenvalue weighted by molar-refractivity contribution is 5.72. The molecule has 0 aromatic carbocycles. The van der Waals surface area contributed by atoms with Crippen molar-refractivity contribution in [2.45, 2.75) is 77.1 Å². The minimum Gasteiger partial charge on any atom is -0.459 e. The lowest BCUT2D eigenvalue weighted by Crippen LogP contribution is -2.50. The molecule has 2 unspecified atom stereocenters. The van der Waals surface area contributed by atoms with Crippen LogP contribution in [0.4, 0.5) is 0 Å². The molecule has 2 heterocycles. The lowest BCUT2D eigenvalue weighted by molar-refractivity contribution is -0.156. The average molecular weight is 268 g/mol. The molecule has 2 bridgehead atoms. The van der Waals surface area contributed by atoms with E-state index < -0.39 is 0 Å². The maximum Gasteiger partial charge on any atom is 0.320 e. The number of ether oxygens (including phenoxy) is 1. The summed E-state index contributed by atoms with van der Waals surface area (Å²) in [6, 6.07) is 1.86. The number of carbonyl (C=O) groups excluding carboxylic acids is 1. The molecule has 0 aromatic rings. The van der Waals surface area contributed by atoms with E-state index in [0.29, 0.717) is 24.7 Å². The number of rotatable bonds is 4. The van der Waals surface area contributed by atoms with Gasteiger partial charge in [-0.25, -0.2) is 0 Å². The summed E-state index contributed by atoms with van der Waals surface area (Å²) in [7, 11) is 0. The Morgan fingerprint density at radius 2 is 1.84 bits per heavy atom. The standard InChI is InChI=1S/C15H28N2O2/c1-5-17(10-14(18)19-15(2,3)4)13-8-11-6-7-12(9-13)16-11/h11-13,16H,5-10H2,1-4H3. The summed E-state index contributed by atoms with van der Waals surface area (Å²) in [4.78, 5) is 14.3. The molecular formula is C15H28N2O2. The smallest absolute Gasteiger partial charge is 0.320 e. The number of hydrogen-bond acceptors (Lipinski definition) is 4. The van der Waals surface area contributed by atoms with Crippen LogP contribution >= 0.6 is 0 Å². The van der Waals surface area contributed by atoms with E-state index in [4.69, 9.17) is 4.74 Å². The van der Waals surface area contributed by atoms with Gasteiger partial charge in [-0.3, -0.25) is 9.69 Å². The monoisotopic (exact) mass is 268 g/mol. The first-order valence-electron chi connectivity index (χ1n) is 7.59. The summed E-state index contributed by atoms with van der Waals surface area (Å²) in [5, 5.41) is 3.65. The Kier molecular flexibility index (Phi) is 4.51. The van der Waals surface area contributed by atoms with Crippen molar-refractivity contribution in [2.75, 3.05) is 13.1 Å². The van der Waals surface area contributed by atoms with Crippen molar-refractivity contribution in [3.8, 4) is 0 Å². The molecule has 2 rings (SSSR count). The fraction of sp³-hybridized carbons (Fsp3) is 0.933. The van der Waals surface area contributed by atoms with Gasteiger partial charge < -0.3 is 10.1 Å². The molecule has 0 aliphatic carbocycles. The summed E-state index contributed by atoms with van der Waals surface area (Å²) in [6.45, 7) is 9.25. The van der Waals surface area contributed by atoms with E-state index in [2.05, 4.69) is 17.1 Å². The average Bonchev–Trinajstić information content (AvgIpc) is 2.63. The van der Waals surface area contributed by atoms with Crippen LogP contribution in [0.5, 0.6) is 0 Å². The molecule has 0 amide bonds. The topological polar surface area (TPSA) is 41.6 Å². The maximum absolute atomic E-state index is 12.0. The highest BCUT2D eigenvalue weighted by atomic mass is 16.6. The van der Waals surface area contributed by atoms with Gasteiger partial charge in [-0.2, -0.15) is 0 Å². The van der Waals surface area contributed by atoms with Gasteiger partial charge >= 0.3 is 5.97 Å². The van der Waals surface area contributed by atoms with Crippen LogP contribution in [0.25, 0.3) is 0 Å². The number of esters is 1. The Bertz CT molecular complexity index is 313. The molecule has 2 saturated heterocycles. The zero-order valence-electron chi connectivity index (χ0n) is 12.7. The lowest BCUT2D eigenvalue weighted by atomic mass is 9.98. The molecule has 1 N–H and O–H groups in total. The molecule has 4 nitrogen and oxygen atoms in total. The lowest BCUT2D eigenvalue weighted by Gasteiger charge is -2.37. The predicted octanol–water partition coefficient (Wildman–Crippen LogP) is 1.93. The molecule has 2 aliphatic heterocycles. The van der Waals surface area contributed by atoms with Gasteiger partial charge in [0.05, 0.1) is 6.54 Å². The first kappa shape index (κ1) is 14.8. The zero-order chi connectivity index (χ0) is 14.0. The molecule has 4 heteroatoms. The van der Waals surface area contributed by atoms with E-state index in [0.717, 1.165) is 6.54 Å². The fourth-order valence-corrected chi connectivity index (χ4v) is 3.36. The van der Waals surface area contributed by atoms with Crippen molar-refractivity contribution in [1.82, 2.24) is 10.2 Å². The largest absolute Gasteiger partial charge is 0.459 e. The first-order chi connectivity index (χ1) is 8.87. The predicted molar refractivity (Wildman–Crippen MR) is 76.1 cm³/mol. The first-order valence-corrected chi connectivity index (χ1v) is 7.59. The van der Waals surface area contributed by atoms with Crippen LogP contribution in [0.2, 0.25) is 0 Å². The summed E-state index contributed by atoms with van der Waals surface area (Å²) in [5.41, 5.74) is -0.385. The van der Waals surface area contributed by atoms with E-state index in [1.54, 1.807) is 0 Å². The number of nitrogens with zero attached hydrogens (tertiary/aromatic N) is 1. The number of hydrogen-bond donors (Lipinski definition) is 1. The van der Waals surface area contributed by atoms with E-state index in [-0.39, 0.29) is 11.6 Å². The third-order valence-corrected chi connectivity index (χ3v) is 4.12. The third-order valence-electron chi connectivity index (χ3n) is 4.12. The van der Waals surface area contributed by atoms with Gasteiger partial charge in [0.15, 0.2) is 0 Å². The molecule has 110 valence electrons. The molecule has 0 saturated carbocycles. The minimum atomic E-state index is -0.385. The van der Waals surface area contributed by atoms with Gasteiger partial charge in [-0.05, 0) is 53.0 Å². The number of nitrogens with one attached hydrogen (secondary N) is 1. The number of carbonyl (C=O) groups is 1. The van der Waals surface area contributed by atoms with Crippen molar-refractivity contribution in [3.05, 3.63) is 0 Å². The number of piperidine rings is 1. The quantitative estimate of drug-likeness (QED) is 0.791. The van der Waals surface area contributed by atoms with Crippen molar-refractivity contribution >= 4 is 5.97 Å². The van der Waals surface area contributed by atoms with Gasteiger partial charge in [-0.1, -0.05) is 6.92 Å². The maximum atomic E-state index is 12.0. The van der Waals surface area contributed by atoms with E-state index in [1.165, 1.54) is 25.7 Å². The SMILES string of the molecule is CCN(CC(=O)OC(C)(C)C)C1CC2CCC(C1)N2. The van der Waals surface area contributed by atoms with E-state index in [9.17, 15) is 4.79 Å². The Labute approximate surface area is 116 Å². The molecule has 0 radical (unpaired) electrons. The summed E-state index contributed by atoms with van der Waals surface area (Å²) in [5.74, 6) is -0.0970. The molecule has 2 fully saturated rings. The summed E-state index contributed by atoms with van der Waals surface area (Å²) < 4.78 is 5.43. The van der Waals surface area contributed by atoms with Crippen molar-refractivity contribution < 1.29 is 9.53 Å². The Hall–Kier alpha value is -0.610. The fourth-order valence-electron chi connectivity index (χ4n) is 3.36. The molecule has 2 aliphatic rings. The highest BCUT2D eigenvalue weighted by Crippen LogP contribution is 2.29.